The molecule has 2 heterocycles. The van der Waals surface area contributed by atoms with Crippen LogP contribution in [0.3, 0.4) is 0 Å². The van der Waals surface area contributed by atoms with Crippen molar-refractivity contribution >= 4 is 17.5 Å². The first-order chi connectivity index (χ1) is 11.2. The van der Waals surface area contributed by atoms with Crippen LogP contribution in [0, 0.1) is 0 Å². The summed E-state index contributed by atoms with van der Waals surface area (Å²) in [5.41, 5.74) is 3.76. The molecule has 1 saturated heterocycles. The molecule has 0 unspecified atom stereocenters. The molecule has 1 N–H and O–H groups in total. The third kappa shape index (κ3) is 4.53. The Bertz CT molecular complexity index is 650. The molecule has 0 aliphatic carbocycles. The molecule has 2 aromatic rings. The minimum Gasteiger partial charge on any atom is -0.339 e. The van der Waals surface area contributed by atoms with E-state index in [1.54, 1.807) is 12.1 Å². The van der Waals surface area contributed by atoms with Gasteiger partial charge in [-0.05, 0) is 37.1 Å². The molecule has 1 fully saturated rings. The molecule has 0 saturated carbocycles. The molecule has 0 spiro atoms. The van der Waals surface area contributed by atoms with E-state index in [2.05, 4.69) is 15.6 Å². The summed E-state index contributed by atoms with van der Waals surface area (Å²) in [5.74, 6) is 0.954. The molecular weight excluding hydrogens is 316 g/mol. The van der Waals surface area contributed by atoms with Crippen LogP contribution in [-0.2, 0) is 11.2 Å². The van der Waals surface area contributed by atoms with Crippen LogP contribution >= 0.6 is 11.6 Å². The lowest BCUT2D eigenvalue weighted by Gasteiger charge is -2.26. The largest absolute Gasteiger partial charge is 0.339 e. The molecule has 0 atom stereocenters. The Morgan fingerprint density at radius 2 is 1.96 bits per heavy atom. The van der Waals surface area contributed by atoms with Crippen LogP contribution in [0.5, 0.6) is 0 Å². The number of benzene rings is 1. The summed E-state index contributed by atoms with van der Waals surface area (Å²) >= 11 is 5.86. The molecule has 1 aliphatic heterocycles. The van der Waals surface area contributed by atoms with Crippen LogP contribution < -0.4 is 5.43 Å². The Morgan fingerprint density at radius 1 is 1.22 bits per heavy atom. The molecule has 0 bridgehead atoms. The second-order valence-corrected chi connectivity index (χ2v) is 6.04. The van der Waals surface area contributed by atoms with Gasteiger partial charge in [-0.2, -0.15) is 4.98 Å². The van der Waals surface area contributed by atoms with Crippen molar-refractivity contribution in [3.05, 3.63) is 35.2 Å². The molecule has 3 rings (SSSR count). The number of carbonyl (C=O) groups excluding carboxylic acids is 1. The Hall–Kier alpha value is -1.92. The highest BCUT2D eigenvalue weighted by atomic mass is 35.5. The lowest BCUT2D eigenvalue weighted by molar-refractivity contribution is -0.126. The highest BCUT2D eigenvalue weighted by Crippen LogP contribution is 2.19. The van der Waals surface area contributed by atoms with Crippen LogP contribution in [0.2, 0.25) is 5.02 Å². The van der Waals surface area contributed by atoms with E-state index in [1.807, 2.05) is 17.1 Å². The number of hydrazine groups is 1. The zero-order valence-electron chi connectivity index (χ0n) is 12.8. The van der Waals surface area contributed by atoms with Gasteiger partial charge in [-0.1, -0.05) is 23.2 Å². The number of piperidine rings is 1. The van der Waals surface area contributed by atoms with Crippen molar-refractivity contribution in [2.45, 2.75) is 32.1 Å². The van der Waals surface area contributed by atoms with Gasteiger partial charge in [0.25, 0.3) is 0 Å². The van der Waals surface area contributed by atoms with Crippen molar-refractivity contribution < 1.29 is 9.32 Å². The van der Waals surface area contributed by atoms with Gasteiger partial charge in [0.1, 0.15) is 0 Å². The summed E-state index contributed by atoms with van der Waals surface area (Å²) in [4.78, 5) is 16.3. The number of hydrogen-bond acceptors (Lipinski definition) is 5. The first kappa shape index (κ1) is 16.0. The lowest BCUT2D eigenvalue weighted by Crippen LogP contribution is -2.45. The number of aryl methyl sites for hydroxylation is 1. The van der Waals surface area contributed by atoms with Gasteiger partial charge >= 0.3 is 0 Å². The van der Waals surface area contributed by atoms with Crippen LogP contribution in [0.15, 0.2) is 28.8 Å². The number of amides is 1. The number of carbonyl (C=O) groups is 1. The molecule has 0 radical (unpaired) electrons. The number of rotatable bonds is 5. The van der Waals surface area contributed by atoms with Crippen molar-refractivity contribution in [2.75, 3.05) is 13.1 Å². The van der Waals surface area contributed by atoms with Crippen molar-refractivity contribution in [2.24, 2.45) is 0 Å². The summed E-state index contributed by atoms with van der Waals surface area (Å²) < 4.78 is 5.20. The molecular formula is C16H19ClN4O2. The maximum atomic E-state index is 11.9. The van der Waals surface area contributed by atoms with Gasteiger partial charge in [0.15, 0.2) is 0 Å². The van der Waals surface area contributed by atoms with Gasteiger partial charge in [-0.25, -0.2) is 5.01 Å². The Morgan fingerprint density at radius 3 is 2.70 bits per heavy atom. The Kier molecular flexibility index (Phi) is 5.25. The molecule has 6 nitrogen and oxygen atoms in total. The van der Waals surface area contributed by atoms with Crippen molar-refractivity contribution in [1.29, 1.82) is 0 Å². The number of nitrogens with one attached hydrogen (secondary N) is 1. The number of aromatic nitrogens is 2. The topological polar surface area (TPSA) is 71.3 Å². The summed E-state index contributed by atoms with van der Waals surface area (Å²) in [6.07, 6.45) is 4.27. The lowest BCUT2D eigenvalue weighted by atomic mass is 10.2. The Labute approximate surface area is 139 Å². The fourth-order valence-electron chi connectivity index (χ4n) is 2.53. The Balaban J connectivity index is 1.50. The number of halogens is 1. The predicted octanol–water partition coefficient (Wildman–Crippen LogP) is 2.84. The molecule has 1 aromatic carbocycles. The maximum Gasteiger partial charge on any atom is 0.234 e. The van der Waals surface area contributed by atoms with Gasteiger partial charge in [0.2, 0.25) is 17.6 Å². The fourth-order valence-corrected chi connectivity index (χ4v) is 2.66. The average molecular weight is 335 g/mol. The first-order valence-corrected chi connectivity index (χ1v) is 8.21. The van der Waals surface area contributed by atoms with Gasteiger partial charge in [0, 0.05) is 36.5 Å². The molecule has 23 heavy (non-hydrogen) atoms. The van der Waals surface area contributed by atoms with Crippen LogP contribution in [-0.4, -0.2) is 34.1 Å². The van der Waals surface area contributed by atoms with Gasteiger partial charge in [-0.15, -0.1) is 0 Å². The van der Waals surface area contributed by atoms with E-state index in [-0.39, 0.29) is 5.91 Å². The minimum atomic E-state index is -0.0156. The third-order valence-corrected chi connectivity index (χ3v) is 4.03. The van der Waals surface area contributed by atoms with Gasteiger partial charge in [-0.3, -0.25) is 10.2 Å². The zero-order valence-corrected chi connectivity index (χ0v) is 13.6. The van der Waals surface area contributed by atoms with Crippen LogP contribution in [0.25, 0.3) is 11.4 Å². The normalized spacial score (nSPS) is 15.5. The van der Waals surface area contributed by atoms with E-state index in [4.69, 9.17) is 16.1 Å². The number of nitrogens with zero attached hydrogens (tertiary/aromatic N) is 3. The summed E-state index contributed by atoms with van der Waals surface area (Å²) in [6, 6.07) is 7.22. The van der Waals surface area contributed by atoms with E-state index in [0.29, 0.717) is 29.6 Å². The van der Waals surface area contributed by atoms with E-state index in [1.165, 1.54) is 6.42 Å². The van der Waals surface area contributed by atoms with Crippen LogP contribution in [0.1, 0.15) is 31.6 Å². The minimum absolute atomic E-state index is 0.0156. The van der Waals surface area contributed by atoms with E-state index in [9.17, 15) is 4.79 Å². The van der Waals surface area contributed by atoms with Crippen LogP contribution in [0.4, 0.5) is 0 Å². The number of hydrogen-bond donors (Lipinski definition) is 1. The van der Waals surface area contributed by atoms with Crippen molar-refractivity contribution in [3.8, 4) is 11.4 Å². The average Bonchev–Trinajstić information content (AvgIpc) is 3.04. The fraction of sp³-hybridized carbons (Fsp3) is 0.438. The maximum absolute atomic E-state index is 11.9. The zero-order chi connectivity index (χ0) is 16.1. The third-order valence-electron chi connectivity index (χ3n) is 3.78. The SMILES string of the molecule is O=C(CCc1nc(-c2ccc(Cl)cc2)no1)NN1CCCCC1. The van der Waals surface area contributed by atoms with E-state index >= 15 is 0 Å². The van der Waals surface area contributed by atoms with Gasteiger partial charge in [0.05, 0.1) is 0 Å². The highest BCUT2D eigenvalue weighted by molar-refractivity contribution is 6.30. The second-order valence-electron chi connectivity index (χ2n) is 5.60. The molecule has 1 aliphatic rings. The van der Waals surface area contributed by atoms with Crippen molar-refractivity contribution in [3.63, 3.8) is 0 Å². The summed E-state index contributed by atoms with van der Waals surface area (Å²) in [6.45, 7) is 1.85. The molecule has 1 aromatic heterocycles. The molecule has 122 valence electrons. The molecule has 7 heteroatoms. The first-order valence-electron chi connectivity index (χ1n) is 7.84. The van der Waals surface area contributed by atoms with Crippen molar-refractivity contribution in [1.82, 2.24) is 20.6 Å². The highest BCUT2D eigenvalue weighted by Gasteiger charge is 2.14. The summed E-state index contributed by atoms with van der Waals surface area (Å²) in [7, 11) is 0. The molecule has 1 amide bonds. The standard InChI is InChI=1S/C16H19ClN4O2/c17-13-6-4-12(5-7-13)16-18-15(23-20-16)9-8-14(22)19-21-10-2-1-3-11-21/h4-7H,1-3,8-11H2,(H,19,22). The van der Waals surface area contributed by atoms with Gasteiger partial charge < -0.3 is 4.52 Å². The smallest absolute Gasteiger partial charge is 0.234 e. The monoisotopic (exact) mass is 334 g/mol. The van der Waals surface area contributed by atoms with E-state index < -0.39 is 0 Å². The quantitative estimate of drug-likeness (QED) is 0.910. The second kappa shape index (κ2) is 7.57. The predicted molar refractivity (Wildman–Crippen MR) is 86.6 cm³/mol. The summed E-state index contributed by atoms with van der Waals surface area (Å²) in [5, 5.41) is 6.58. The van der Waals surface area contributed by atoms with E-state index in [0.717, 1.165) is 31.5 Å².